The van der Waals surface area contributed by atoms with Crippen molar-refractivity contribution in [1.82, 2.24) is 15.4 Å². The molecule has 1 N–H and O–H groups in total. The third kappa shape index (κ3) is 2.65. The maximum atomic E-state index is 5.20. The summed E-state index contributed by atoms with van der Waals surface area (Å²) in [6.45, 7) is 15.0. The minimum atomic E-state index is 0.123. The molecular formula is C16H28N4O. The molecule has 1 aliphatic heterocycles. The summed E-state index contributed by atoms with van der Waals surface area (Å²) < 4.78 is 5.20. The second-order valence-electron chi connectivity index (χ2n) is 7.06. The van der Waals surface area contributed by atoms with Crippen molar-refractivity contribution in [2.75, 3.05) is 20.1 Å². The van der Waals surface area contributed by atoms with Crippen molar-refractivity contribution >= 4 is 5.96 Å². The van der Waals surface area contributed by atoms with E-state index in [1.165, 1.54) is 5.56 Å². The Hall–Kier alpha value is -1.52. The zero-order chi connectivity index (χ0) is 15.8. The van der Waals surface area contributed by atoms with Crippen LogP contribution in [-0.4, -0.2) is 41.7 Å². The second-order valence-corrected chi connectivity index (χ2v) is 7.06. The zero-order valence-electron chi connectivity index (χ0n) is 14.4. The van der Waals surface area contributed by atoms with Gasteiger partial charge in [-0.1, -0.05) is 19.0 Å². The molecule has 5 nitrogen and oxygen atoms in total. The van der Waals surface area contributed by atoms with Gasteiger partial charge in [-0.2, -0.15) is 0 Å². The fourth-order valence-corrected chi connectivity index (χ4v) is 2.85. The molecule has 1 fully saturated rings. The van der Waals surface area contributed by atoms with Gasteiger partial charge >= 0.3 is 0 Å². The fraction of sp³-hybridized carbons (Fsp3) is 0.750. The number of rotatable bonds is 3. The van der Waals surface area contributed by atoms with Crippen molar-refractivity contribution in [3.8, 4) is 0 Å². The predicted molar refractivity (Wildman–Crippen MR) is 85.6 cm³/mol. The highest BCUT2D eigenvalue weighted by atomic mass is 16.5. The summed E-state index contributed by atoms with van der Waals surface area (Å²) in [5, 5.41) is 7.46. The Labute approximate surface area is 127 Å². The maximum Gasteiger partial charge on any atom is 0.194 e. The summed E-state index contributed by atoms with van der Waals surface area (Å²) in [6, 6.07) is 0. The maximum absolute atomic E-state index is 5.20. The number of hydrogen-bond acceptors (Lipinski definition) is 3. The molecule has 2 rings (SSSR count). The van der Waals surface area contributed by atoms with Gasteiger partial charge in [0.1, 0.15) is 5.76 Å². The molecule has 1 aromatic heterocycles. The fourth-order valence-electron chi connectivity index (χ4n) is 2.85. The SMILES string of the molecule is CN=C(NCCc1c(C)noc1C)N1CC(C)(C)C1(C)C. The first-order chi connectivity index (χ1) is 9.70. The summed E-state index contributed by atoms with van der Waals surface area (Å²) in [7, 11) is 1.85. The largest absolute Gasteiger partial charge is 0.361 e. The molecule has 0 spiro atoms. The third-order valence-electron chi connectivity index (χ3n) is 5.19. The van der Waals surface area contributed by atoms with E-state index in [1.54, 1.807) is 0 Å². The standard InChI is InChI=1S/C16H28N4O/c1-11-13(12(2)21-19-11)8-9-18-14(17-7)20-10-15(3,4)16(20,5)6/h8-10H2,1-7H3,(H,17,18). The van der Waals surface area contributed by atoms with Crippen molar-refractivity contribution in [1.29, 1.82) is 0 Å². The minimum Gasteiger partial charge on any atom is -0.361 e. The molecule has 2 heterocycles. The van der Waals surface area contributed by atoms with Gasteiger partial charge in [0.25, 0.3) is 0 Å². The lowest BCUT2D eigenvalue weighted by Gasteiger charge is -2.62. The number of nitrogens with zero attached hydrogens (tertiary/aromatic N) is 3. The number of hydrogen-bond donors (Lipinski definition) is 1. The van der Waals surface area contributed by atoms with E-state index in [0.29, 0.717) is 5.41 Å². The van der Waals surface area contributed by atoms with Crippen molar-refractivity contribution < 1.29 is 4.52 Å². The Bertz CT molecular complexity index is 523. The summed E-state index contributed by atoms with van der Waals surface area (Å²) >= 11 is 0. The normalized spacial score (nSPS) is 20.3. The quantitative estimate of drug-likeness (QED) is 0.687. The second kappa shape index (κ2) is 5.35. The van der Waals surface area contributed by atoms with Gasteiger partial charge < -0.3 is 14.7 Å². The minimum absolute atomic E-state index is 0.123. The Morgan fingerprint density at radius 2 is 2.00 bits per heavy atom. The van der Waals surface area contributed by atoms with E-state index in [-0.39, 0.29) is 5.54 Å². The lowest BCUT2D eigenvalue weighted by Crippen LogP contribution is -2.72. The summed E-state index contributed by atoms with van der Waals surface area (Å²) in [5.41, 5.74) is 2.61. The molecule has 0 aliphatic carbocycles. The molecule has 0 atom stereocenters. The van der Waals surface area contributed by atoms with Crippen LogP contribution in [0.15, 0.2) is 9.52 Å². The molecule has 1 aliphatic rings. The van der Waals surface area contributed by atoms with Gasteiger partial charge in [-0.3, -0.25) is 4.99 Å². The predicted octanol–water partition coefficient (Wildman–Crippen LogP) is 2.53. The molecular weight excluding hydrogens is 264 g/mol. The molecule has 1 aromatic rings. The van der Waals surface area contributed by atoms with Gasteiger partial charge in [0.15, 0.2) is 5.96 Å². The number of aromatic nitrogens is 1. The van der Waals surface area contributed by atoms with Gasteiger partial charge in [-0.05, 0) is 34.1 Å². The van der Waals surface area contributed by atoms with Gasteiger partial charge in [-0.15, -0.1) is 0 Å². The summed E-state index contributed by atoms with van der Waals surface area (Å²) in [6.07, 6.45) is 0.901. The van der Waals surface area contributed by atoms with Crippen LogP contribution in [0.1, 0.15) is 44.7 Å². The lowest BCUT2D eigenvalue weighted by atomic mass is 9.65. The van der Waals surface area contributed by atoms with E-state index < -0.39 is 0 Å². The highest BCUT2D eigenvalue weighted by molar-refractivity contribution is 5.82. The molecule has 0 unspecified atom stereocenters. The van der Waals surface area contributed by atoms with Gasteiger partial charge in [0.2, 0.25) is 0 Å². The number of likely N-dealkylation sites (tertiary alicyclic amines) is 1. The van der Waals surface area contributed by atoms with E-state index in [2.05, 4.69) is 48.1 Å². The van der Waals surface area contributed by atoms with Crippen molar-refractivity contribution in [2.45, 2.75) is 53.5 Å². The molecule has 118 valence electrons. The Balaban J connectivity index is 1.94. The van der Waals surface area contributed by atoms with Crippen LogP contribution in [0.2, 0.25) is 0 Å². The van der Waals surface area contributed by atoms with Crippen LogP contribution in [0.25, 0.3) is 0 Å². The topological polar surface area (TPSA) is 53.7 Å². The first kappa shape index (κ1) is 15.9. The average molecular weight is 292 g/mol. The Kier molecular flexibility index (Phi) is 4.04. The van der Waals surface area contributed by atoms with E-state index in [1.807, 2.05) is 20.9 Å². The van der Waals surface area contributed by atoms with Gasteiger partial charge in [0.05, 0.1) is 5.69 Å². The zero-order valence-corrected chi connectivity index (χ0v) is 14.4. The smallest absolute Gasteiger partial charge is 0.194 e. The van der Waals surface area contributed by atoms with Crippen molar-refractivity contribution in [3.63, 3.8) is 0 Å². The number of aliphatic imine (C=N–C) groups is 1. The van der Waals surface area contributed by atoms with Crippen molar-refractivity contribution in [3.05, 3.63) is 17.0 Å². The van der Waals surface area contributed by atoms with Gasteiger partial charge in [-0.25, -0.2) is 0 Å². The molecule has 0 aromatic carbocycles. The van der Waals surface area contributed by atoms with E-state index in [9.17, 15) is 0 Å². The highest BCUT2D eigenvalue weighted by Gasteiger charge is 2.53. The lowest BCUT2D eigenvalue weighted by molar-refractivity contribution is -0.0666. The van der Waals surface area contributed by atoms with Crippen LogP contribution in [0, 0.1) is 19.3 Å². The monoisotopic (exact) mass is 292 g/mol. The highest BCUT2D eigenvalue weighted by Crippen LogP contribution is 2.46. The van der Waals surface area contributed by atoms with E-state index in [0.717, 1.165) is 36.9 Å². The Morgan fingerprint density at radius 1 is 1.33 bits per heavy atom. The first-order valence-corrected chi connectivity index (χ1v) is 7.61. The number of nitrogens with one attached hydrogen (secondary N) is 1. The van der Waals surface area contributed by atoms with E-state index >= 15 is 0 Å². The van der Waals surface area contributed by atoms with Crippen LogP contribution in [0.3, 0.4) is 0 Å². The average Bonchev–Trinajstić information content (AvgIpc) is 2.73. The summed E-state index contributed by atoms with van der Waals surface area (Å²) in [4.78, 5) is 6.77. The Morgan fingerprint density at radius 3 is 2.43 bits per heavy atom. The first-order valence-electron chi connectivity index (χ1n) is 7.61. The summed E-state index contributed by atoms with van der Waals surface area (Å²) in [5.74, 6) is 1.89. The van der Waals surface area contributed by atoms with Crippen LogP contribution in [0.4, 0.5) is 0 Å². The molecule has 5 heteroatoms. The van der Waals surface area contributed by atoms with Crippen LogP contribution < -0.4 is 5.32 Å². The van der Waals surface area contributed by atoms with Crippen molar-refractivity contribution in [2.24, 2.45) is 10.4 Å². The molecule has 21 heavy (non-hydrogen) atoms. The van der Waals surface area contributed by atoms with Crippen LogP contribution in [0.5, 0.6) is 0 Å². The third-order valence-corrected chi connectivity index (χ3v) is 5.19. The molecule has 0 bridgehead atoms. The molecule has 1 saturated heterocycles. The number of guanidine groups is 1. The van der Waals surface area contributed by atoms with Crippen LogP contribution >= 0.6 is 0 Å². The number of aryl methyl sites for hydroxylation is 2. The van der Waals surface area contributed by atoms with Crippen LogP contribution in [-0.2, 0) is 6.42 Å². The molecule has 0 saturated carbocycles. The molecule has 0 amide bonds. The van der Waals surface area contributed by atoms with E-state index in [4.69, 9.17) is 4.52 Å². The molecule has 0 radical (unpaired) electrons. The van der Waals surface area contributed by atoms with Gasteiger partial charge in [0, 0.05) is 36.7 Å².